The molecule has 0 aliphatic carbocycles. The third kappa shape index (κ3) is 2.52. The molecule has 0 unspecified atom stereocenters. The Morgan fingerprint density at radius 1 is 1.13 bits per heavy atom. The van der Waals surface area contributed by atoms with E-state index in [-0.39, 0.29) is 0 Å². The van der Waals surface area contributed by atoms with Crippen LogP contribution in [0.2, 0.25) is 5.02 Å². The lowest BCUT2D eigenvalue weighted by Gasteiger charge is -2.02. The molecule has 2 aromatic rings. The van der Waals surface area contributed by atoms with Crippen LogP contribution >= 0.6 is 23.4 Å². The number of benzene rings is 1. The molecule has 76 valence electrons. The Bertz CT molecular complexity index is 453. The van der Waals surface area contributed by atoms with Crippen LogP contribution in [0, 0.1) is 0 Å². The SMILES string of the molecule is CSc1ccc(-c2cccc(Cl)c2)cn1. The van der Waals surface area contributed by atoms with E-state index in [2.05, 4.69) is 11.1 Å². The van der Waals surface area contributed by atoms with Crippen LogP contribution in [-0.2, 0) is 0 Å². The molecule has 0 saturated carbocycles. The van der Waals surface area contributed by atoms with E-state index in [1.54, 1.807) is 11.8 Å². The Balaban J connectivity index is 2.37. The Hall–Kier alpha value is -0.990. The van der Waals surface area contributed by atoms with E-state index in [4.69, 9.17) is 11.6 Å². The average molecular weight is 236 g/mol. The number of halogens is 1. The number of hydrogen-bond acceptors (Lipinski definition) is 2. The highest BCUT2D eigenvalue weighted by Gasteiger charge is 1.99. The molecule has 0 aliphatic rings. The van der Waals surface area contributed by atoms with Crippen LogP contribution in [0.15, 0.2) is 47.6 Å². The maximum Gasteiger partial charge on any atom is 0.0957 e. The van der Waals surface area contributed by atoms with Crippen molar-refractivity contribution in [1.29, 1.82) is 0 Å². The van der Waals surface area contributed by atoms with Gasteiger partial charge in [-0.25, -0.2) is 4.98 Å². The first-order chi connectivity index (χ1) is 7.29. The lowest BCUT2D eigenvalue weighted by atomic mass is 10.1. The summed E-state index contributed by atoms with van der Waals surface area (Å²) in [6, 6.07) is 11.9. The van der Waals surface area contributed by atoms with Crippen LogP contribution in [0.3, 0.4) is 0 Å². The predicted octanol–water partition coefficient (Wildman–Crippen LogP) is 4.12. The molecule has 1 aromatic heterocycles. The van der Waals surface area contributed by atoms with Crippen molar-refractivity contribution in [3.63, 3.8) is 0 Å². The third-order valence-corrected chi connectivity index (χ3v) is 3.00. The van der Waals surface area contributed by atoms with Crippen molar-refractivity contribution in [3.05, 3.63) is 47.6 Å². The number of pyridine rings is 1. The zero-order chi connectivity index (χ0) is 10.7. The summed E-state index contributed by atoms with van der Waals surface area (Å²) >= 11 is 7.57. The summed E-state index contributed by atoms with van der Waals surface area (Å²) < 4.78 is 0. The van der Waals surface area contributed by atoms with Gasteiger partial charge in [0.15, 0.2) is 0 Å². The van der Waals surface area contributed by atoms with Crippen molar-refractivity contribution in [3.8, 4) is 11.1 Å². The molecular formula is C12H10ClNS. The molecule has 1 heterocycles. The molecule has 0 fully saturated rings. The van der Waals surface area contributed by atoms with E-state index in [0.717, 1.165) is 21.2 Å². The van der Waals surface area contributed by atoms with Crippen molar-refractivity contribution < 1.29 is 0 Å². The first-order valence-electron chi connectivity index (χ1n) is 4.55. The minimum absolute atomic E-state index is 0.751. The molecular weight excluding hydrogens is 226 g/mol. The second kappa shape index (κ2) is 4.69. The molecule has 3 heteroatoms. The number of thioether (sulfide) groups is 1. The van der Waals surface area contributed by atoms with E-state index in [1.165, 1.54) is 0 Å². The molecule has 0 bridgehead atoms. The van der Waals surface area contributed by atoms with Gasteiger partial charge in [-0.3, -0.25) is 0 Å². The summed E-state index contributed by atoms with van der Waals surface area (Å²) in [5.74, 6) is 0. The zero-order valence-electron chi connectivity index (χ0n) is 8.27. The van der Waals surface area contributed by atoms with Crippen molar-refractivity contribution in [2.75, 3.05) is 6.26 Å². The van der Waals surface area contributed by atoms with Crippen LogP contribution in [-0.4, -0.2) is 11.2 Å². The van der Waals surface area contributed by atoms with Crippen LogP contribution in [0.1, 0.15) is 0 Å². The Kier molecular flexibility index (Phi) is 3.29. The maximum atomic E-state index is 5.93. The molecule has 1 aromatic carbocycles. The molecule has 0 spiro atoms. The van der Waals surface area contributed by atoms with Crippen molar-refractivity contribution in [2.45, 2.75) is 5.03 Å². The maximum absolute atomic E-state index is 5.93. The molecule has 0 aliphatic heterocycles. The van der Waals surface area contributed by atoms with Gasteiger partial charge in [-0.1, -0.05) is 29.8 Å². The topological polar surface area (TPSA) is 12.9 Å². The van der Waals surface area contributed by atoms with Gasteiger partial charge in [-0.15, -0.1) is 11.8 Å². The first-order valence-corrected chi connectivity index (χ1v) is 6.16. The van der Waals surface area contributed by atoms with Gasteiger partial charge in [0.25, 0.3) is 0 Å². The summed E-state index contributed by atoms with van der Waals surface area (Å²) in [4.78, 5) is 4.32. The molecule has 0 radical (unpaired) electrons. The standard InChI is InChI=1S/C12H10ClNS/c1-15-12-6-5-10(8-14-12)9-3-2-4-11(13)7-9/h2-8H,1H3. The fraction of sp³-hybridized carbons (Fsp3) is 0.0833. The predicted molar refractivity (Wildman–Crippen MR) is 66.5 cm³/mol. The number of nitrogens with zero attached hydrogens (tertiary/aromatic N) is 1. The fourth-order valence-electron chi connectivity index (χ4n) is 1.34. The highest BCUT2D eigenvalue weighted by Crippen LogP contribution is 2.23. The van der Waals surface area contributed by atoms with Crippen LogP contribution in [0.5, 0.6) is 0 Å². The third-order valence-electron chi connectivity index (χ3n) is 2.10. The highest BCUT2D eigenvalue weighted by molar-refractivity contribution is 7.98. The van der Waals surface area contributed by atoms with Gasteiger partial charge < -0.3 is 0 Å². The first kappa shape index (κ1) is 10.5. The normalized spacial score (nSPS) is 10.3. The van der Waals surface area contributed by atoms with Crippen molar-refractivity contribution in [1.82, 2.24) is 4.98 Å². The second-order valence-corrected chi connectivity index (χ2v) is 4.36. The van der Waals surface area contributed by atoms with Crippen LogP contribution in [0.4, 0.5) is 0 Å². The summed E-state index contributed by atoms with van der Waals surface area (Å²) in [6.07, 6.45) is 3.89. The Labute approximate surface area is 98.5 Å². The van der Waals surface area contributed by atoms with E-state index in [1.807, 2.05) is 42.8 Å². The smallest absolute Gasteiger partial charge is 0.0957 e. The van der Waals surface area contributed by atoms with Gasteiger partial charge in [0, 0.05) is 16.8 Å². The number of rotatable bonds is 2. The second-order valence-electron chi connectivity index (χ2n) is 3.10. The zero-order valence-corrected chi connectivity index (χ0v) is 9.85. The quantitative estimate of drug-likeness (QED) is 0.727. The summed E-state index contributed by atoms with van der Waals surface area (Å²) in [6.45, 7) is 0. The largest absolute Gasteiger partial charge is 0.249 e. The van der Waals surface area contributed by atoms with E-state index in [0.29, 0.717) is 0 Å². The van der Waals surface area contributed by atoms with Crippen LogP contribution in [0.25, 0.3) is 11.1 Å². The molecule has 0 atom stereocenters. The monoisotopic (exact) mass is 235 g/mol. The highest BCUT2D eigenvalue weighted by atomic mass is 35.5. The summed E-state index contributed by atoms with van der Waals surface area (Å²) in [5.41, 5.74) is 2.19. The van der Waals surface area contributed by atoms with Gasteiger partial charge in [-0.05, 0) is 30.0 Å². The minimum atomic E-state index is 0.751. The summed E-state index contributed by atoms with van der Waals surface area (Å²) in [7, 11) is 0. The van der Waals surface area contributed by atoms with Gasteiger partial charge >= 0.3 is 0 Å². The van der Waals surface area contributed by atoms with Gasteiger partial charge in [0.2, 0.25) is 0 Å². The van der Waals surface area contributed by atoms with E-state index < -0.39 is 0 Å². The van der Waals surface area contributed by atoms with Gasteiger partial charge in [0.05, 0.1) is 5.03 Å². The molecule has 0 N–H and O–H groups in total. The van der Waals surface area contributed by atoms with E-state index >= 15 is 0 Å². The van der Waals surface area contributed by atoms with Gasteiger partial charge in [-0.2, -0.15) is 0 Å². The lowest BCUT2D eigenvalue weighted by molar-refractivity contribution is 1.14. The molecule has 15 heavy (non-hydrogen) atoms. The Morgan fingerprint density at radius 2 is 2.00 bits per heavy atom. The van der Waals surface area contributed by atoms with Crippen LogP contribution < -0.4 is 0 Å². The van der Waals surface area contributed by atoms with Crippen molar-refractivity contribution >= 4 is 23.4 Å². The molecule has 2 rings (SSSR count). The van der Waals surface area contributed by atoms with Gasteiger partial charge in [0.1, 0.15) is 0 Å². The Morgan fingerprint density at radius 3 is 2.60 bits per heavy atom. The molecule has 0 amide bonds. The average Bonchev–Trinajstić information content (AvgIpc) is 2.29. The minimum Gasteiger partial charge on any atom is -0.249 e. The fourth-order valence-corrected chi connectivity index (χ4v) is 1.89. The van der Waals surface area contributed by atoms with E-state index in [9.17, 15) is 0 Å². The lowest BCUT2D eigenvalue weighted by Crippen LogP contribution is -1.81. The van der Waals surface area contributed by atoms with Crippen molar-refractivity contribution in [2.24, 2.45) is 0 Å². The molecule has 1 nitrogen and oxygen atoms in total. The number of aromatic nitrogens is 1. The molecule has 0 saturated heterocycles. The number of hydrogen-bond donors (Lipinski definition) is 0. The summed E-state index contributed by atoms with van der Waals surface area (Å²) in [5, 5.41) is 1.78.